The maximum atomic E-state index is 3.79. The van der Waals surface area contributed by atoms with E-state index in [1.165, 1.54) is 41.6 Å². The number of rotatable bonds is 2. The number of benzene rings is 1. The first kappa shape index (κ1) is 12.5. The molecule has 0 amide bonds. The van der Waals surface area contributed by atoms with Gasteiger partial charge in [-0.05, 0) is 50.2 Å². The zero-order chi connectivity index (χ0) is 12.6. The molecule has 0 radical (unpaired) electrons. The maximum absolute atomic E-state index is 3.79. The van der Waals surface area contributed by atoms with Gasteiger partial charge in [-0.25, -0.2) is 0 Å². The molecule has 1 saturated carbocycles. The van der Waals surface area contributed by atoms with E-state index in [1.54, 1.807) is 0 Å². The molecule has 1 unspecified atom stereocenters. The van der Waals surface area contributed by atoms with Gasteiger partial charge in [-0.2, -0.15) is 0 Å². The van der Waals surface area contributed by atoms with Gasteiger partial charge in [-0.1, -0.05) is 38.0 Å². The second kappa shape index (κ2) is 4.36. The van der Waals surface area contributed by atoms with Crippen LogP contribution >= 0.6 is 0 Å². The van der Waals surface area contributed by atoms with E-state index >= 15 is 0 Å². The first-order valence-electron chi connectivity index (χ1n) is 6.74. The summed E-state index contributed by atoms with van der Waals surface area (Å²) in [6.07, 6.45) is 4.00. The fourth-order valence-electron chi connectivity index (χ4n) is 3.18. The molecule has 0 aromatic heterocycles. The third kappa shape index (κ3) is 2.48. The van der Waals surface area contributed by atoms with Crippen LogP contribution in [0.25, 0.3) is 0 Å². The fraction of sp³-hybridized carbons (Fsp3) is 0.625. The van der Waals surface area contributed by atoms with Crippen LogP contribution in [0.1, 0.15) is 49.8 Å². The molecule has 1 heteroatoms. The van der Waals surface area contributed by atoms with Crippen molar-refractivity contribution in [2.45, 2.75) is 59.9 Å². The predicted octanol–water partition coefficient (Wildman–Crippen LogP) is 4.60. The topological polar surface area (TPSA) is 12.0 Å². The van der Waals surface area contributed by atoms with E-state index in [0.29, 0.717) is 11.5 Å². The largest absolute Gasteiger partial charge is 0.381 e. The molecule has 1 aromatic rings. The van der Waals surface area contributed by atoms with Crippen LogP contribution in [0.2, 0.25) is 0 Å². The minimum atomic E-state index is 0.434. The van der Waals surface area contributed by atoms with Crippen LogP contribution in [-0.2, 0) is 0 Å². The van der Waals surface area contributed by atoms with Crippen molar-refractivity contribution in [1.82, 2.24) is 0 Å². The van der Waals surface area contributed by atoms with Gasteiger partial charge in [0, 0.05) is 11.7 Å². The van der Waals surface area contributed by atoms with Crippen molar-refractivity contribution in [3.8, 4) is 0 Å². The van der Waals surface area contributed by atoms with Crippen molar-refractivity contribution in [3.05, 3.63) is 28.8 Å². The SMILES string of the molecule is Cc1cc(C)c(NC2CCCC2(C)C)c(C)c1. The minimum absolute atomic E-state index is 0.434. The van der Waals surface area contributed by atoms with Crippen LogP contribution in [0.5, 0.6) is 0 Å². The van der Waals surface area contributed by atoms with Gasteiger partial charge in [0.2, 0.25) is 0 Å². The lowest BCUT2D eigenvalue weighted by molar-refractivity contribution is 0.350. The summed E-state index contributed by atoms with van der Waals surface area (Å²) in [6, 6.07) is 5.18. The van der Waals surface area contributed by atoms with Crippen molar-refractivity contribution in [3.63, 3.8) is 0 Å². The van der Waals surface area contributed by atoms with E-state index in [0.717, 1.165) is 0 Å². The molecule has 1 aliphatic carbocycles. The molecule has 1 fully saturated rings. The van der Waals surface area contributed by atoms with E-state index in [9.17, 15) is 0 Å². The molecule has 1 nitrogen and oxygen atoms in total. The Kier molecular flexibility index (Phi) is 3.20. The average Bonchev–Trinajstić information content (AvgIpc) is 2.51. The maximum Gasteiger partial charge on any atom is 0.0402 e. The smallest absolute Gasteiger partial charge is 0.0402 e. The normalized spacial score (nSPS) is 22.8. The Morgan fingerprint density at radius 3 is 2.18 bits per heavy atom. The zero-order valence-electron chi connectivity index (χ0n) is 11.9. The summed E-state index contributed by atoms with van der Waals surface area (Å²) in [5.74, 6) is 0. The lowest BCUT2D eigenvalue weighted by Gasteiger charge is -2.30. The van der Waals surface area contributed by atoms with Gasteiger partial charge in [0.25, 0.3) is 0 Å². The molecule has 0 bridgehead atoms. The molecule has 0 spiro atoms. The lowest BCUT2D eigenvalue weighted by Crippen LogP contribution is -2.31. The third-order valence-corrected chi connectivity index (χ3v) is 4.25. The summed E-state index contributed by atoms with van der Waals surface area (Å²) in [5, 5.41) is 3.79. The summed E-state index contributed by atoms with van der Waals surface area (Å²) >= 11 is 0. The molecule has 0 heterocycles. The molecule has 2 rings (SSSR count). The van der Waals surface area contributed by atoms with Gasteiger partial charge < -0.3 is 5.32 Å². The van der Waals surface area contributed by atoms with Gasteiger partial charge in [0.05, 0.1) is 0 Å². The number of aryl methyl sites for hydroxylation is 3. The standard InChI is InChI=1S/C16H25N/c1-11-9-12(2)15(13(3)10-11)17-14-7-6-8-16(14,4)5/h9-10,14,17H,6-8H2,1-5H3. The number of anilines is 1. The first-order chi connectivity index (χ1) is 7.90. The molecule has 17 heavy (non-hydrogen) atoms. The third-order valence-electron chi connectivity index (χ3n) is 4.25. The van der Waals surface area contributed by atoms with E-state index in [-0.39, 0.29) is 0 Å². The second-order valence-corrected chi connectivity index (χ2v) is 6.35. The summed E-state index contributed by atoms with van der Waals surface area (Å²) < 4.78 is 0. The highest BCUT2D eigenvalue weighted by atomic mass is 14.9. The summed E-state index contributed by atoms with van der Waals surface area (Å²) in [5.41, 5.74) is 5.91. The van der Waals surface area contributed by atoms with Crippen LogP contribution in [0.15, 0.2) is 12.1 Å². The fourth-order valence-corrected chi connectivity index (χ4v) is 3.18. The zero-order valence-corrected chi connectivity index (χ0v) is 11.9. The molecule has 0 saturated heterocycles. The van der Waals surface area contributed by atoms with E-state index < -0.39 is 0 Å². The monoisotopic (exact) mass is 231 g/mol. The van der Waals surface area contributed by atoms with E-state index in [1.807, 2.05) is 0 Å². The Hall–Kier alpha value is -0.980. The number of nitrogens with one attached hydrogen (secondary N) is 1. The first-order valence-corrected chi connectivity index (χ1v) is 6.74. The Morgan fingerprint density at radius 1 is 1.12 bits per heavy atom. The lowest BCUT2D eigenvalue weighted by atomic mass is 9.87. The molecular weight excluding hydrogens is 206 g/mol. The summed E-state index contributed by atoms with van der Waals surface area (Å²) in [6.45, 7) is 11.4. The quantitative estimate of drug-likeness (QED) is 0.784. The van der Waals surface area contributed by atoms with Crippen molar-refractivity contribution >= 4 is 5.69 Å². The van der Waals surface area contributed by atoms with E-state index in [2.05, 4.69) is 52.1 Å². The highest BCUT2D eigenvalue weighted by molar-refractivity contribution is 5.59. The molecular formula is C16H25N. The average molecular weight is 231 g/mol. The molecule has 0 aliphatic heterocycles. The summed E-state index contributed by atoms with van der Waals surface area (Å²) in [7, 11) is 0. The van der Waals surface area contributed by atoms with Crippen molar-refractivity contribution in [1.29, 1.82) is 0 Å². The van der Waals surface area contributed by atoms with E-state index in [4.69, 9.17) is 0 Å². The Bertz CT molecular complexity index is 395. The van der Waals surface area contributed by atoms with Crippen LogP contribution < -0.4 is 5.32 Å². The predicted molar refractivity (Wildman–Crippen MR) is 75.7 cm³/mol. The van der Waals surface area contributed by atoms with Gasteiger partial charge in [-0.15, -0.1) is 0 Å². The van der Waals surface area contributed by atoms with Crippen molar-refractivity contribution in [2.75, 3.05) is 5.32 Å². The highest BCUT2D eigenvalue weighted by Crippen LogP contribution is 2.40. The number of hydrogen-bond acceptors (Lipinski definition) is 1. The highest BCUT2D eigenvalue weighted by Gasteiger charge is 2.34. The van der Waals surface area contributed by atoms with Gasteiger partial charge in [-0.3, -0.25) is 0 Å². The van der Waals surface area contributed by atoms with Crippen LogP contribution in [-0.4, -0.2) is 6.04 Å². The van der Waals surface area contributed by atoms with Gasteiger partial charge in [0.15, 0.2) is 0 Å². The molecule has 1 aromatic carbocycles. The molecule has 1 aliphatic rings. The number of hydrogen-bond donors (Lipinski definition) is 1. The van der Waals surface area contributed by atoms with Crippen LogP contribution in [0.3, 0.4) is 0 Å². The Balaban J connectivity index is 2.25. The van der Waals surface area contributed by atoms with Crippen LogP contribution in [0, 0.1) is 26.2 Å². The van der Waals surface area contributed by atoms with Crippen molar-refractivity contribution < 1.29 is 0 Å². The molecule has 94 valence electrons. The Labute approximate surface area is 106 Å². The molecule has 1 atom stereocenters. The second-order valence-electron chi connectivity index (χ2n) is 6.35. The van der Waals surface area contributed by atoms with Crippen LogP contribution in [0.4, 0.5) is 5.69 Å². The van der Waals surface area contributed by atoms with Gasteiger partial charge in [0.1, 0.15) is 0 Å². The summed E-state index contributed by atoms with van der Waals surface area (Å²) in [4.78, 5) is 0. The van der Waals surface area contributed by atoms with Crippen molar-refractivity contribution in [2.24, 2.45) is 5.41 Å². The van der Waals surface area contributed by atoms with Gasteiger partial charge >= 0.3 is 0 Å². The minimum Gasteiger partial charge on any atom is -0.381 e. The molecule has 1 N–H and O–H groups in total. The Morgan fingerprint density at radius 2 is 1.71 bits per heavy atom.